The van der Waals surface area contributed by atoms with E-state index in [-0.39, 0.29) is 0 Å². The van der Waals surface area contributed by atoms with E-state index in [0.29, 0.717) is 0 Å². The third kappa shape index (κ3) is 9.38. The molecular weight excluding hydrogens is 571 g/mol. The van der Waals surface area contributed by atoms with Gasteiger partial charge in [0.2, 0.25) is 0 Å². The van der Waals surface area contributed by atoms with Crippen LogP contribution < -0.4 is 15.9 Å². The van der Waals surface area contributed by atoms with Gasteiger partial charge in [-0.3, -0.25) is 0 Å². The smallest absolute Gasteiger partial charge is 0.0134 e. The van der Waals surface area contributed by atoms with Gasteiger partial charge in [0.05, 0.1) is 0 Å². The lowest BCUT2D eigenvalue weighted by atomic mass is 10.0. The van der Waals surface area contributed by atoms with Crippen molar-refractivity contribution in [2.45, 2.75) is 57.8 Å². The van der Waals surface area contributed by atoms with Gasteiger partial charge in [-0.15, -0.1) is 0 Å². The van der Waals surface area contributed by atoms with Gasteiger partial charge in [0.1, 0.15) is 0 Å². The molecule has 0 nitrogen and oxygen atoms in total. The fourth-order valence-electron chi connectivity index (χ4n) is 6.31. The van der Waals surface area contributed by atoms with Gasteiger partial charge in [0, 0.05) is 0 Å². The minimum Gasteiger partial charge on any atom is -0.0622 e. The van der Waals surface area contributed by atoms with E-state index in [1.807, 2.05) is 0 Å². The largest absolute Gasteiger partial charge is 0.0622 e. The molecular formula is C45H45P. The number of hydrogen-bond acceptors (Lipinski definition) is 0. The van der Waals surface area contributed by atoms with Gasteiger partial charge in [-0.1, -0.05) is 164 Å². The molecule has 0 unspecified atom stereocenters. The van der Waals surface area contributed by atoms with Crippen LogP contribution >= 0.6 is 7.92 Å². The molecule has 0 heterocycles. The van der Waals surface area contributed by atoms with Crippen molar-refractivity contribution in [3.63, 3.8) is 0 Å². The summed E-state index contributed by atoms with van der Waals surface area (Å²) in [6.45, 7) is 0. The topological polar surface area (TPSA) is 0 Å². The van der Waals surface area contributed by atoms with Crippen LogP contribution in [0.5, 0.6) is 0 Å². The third-order valence-corrected chi connectivity index (χ3v) is 11.3. The van der Waals surface area contributed by atoms with Crippen LogP contribution in [0.1, 0.15) is 52.6 Å². The van der Waals surface area contributed by atoms with Gasteiger partial charge >= 0.3 is 0 Å². The van der Waals surface area contributed by atoms with Crippen LogP contribution in [0.3, 0.4) is 0 Å². The molecule has 6 rings (SSSR count). The van der Waals surface area contributed by atoms with Gasteiger partial charge in [0.15, 0.2) is 0 Å². The average Bonchev–Trinajstić information content (AvgIpc) is 3.12. The Morgan fingerprint density at radius 3 is 0.696 bits per heavy atom. The molecule has 0 aliphatic rings. The van der Waals surface area contributed by atoms with Gasteiger partial charge in [-0.2, -0.15) is 0 Å². The summed E-state index contributed by atoms with van der Waals surface area (Å²) in [7, 11) is -0.630. The Labute approximate surface area is 278 Å². The second-order valence-corrected chi connectivity index (χ2v) is 14.6. The summed E-state index contributed by atoms with van der Waals surface area (Å²) in [5.74, 6) is 0. The second-order valence-electron chi connectivity index (χ2n) is 12.4. The summed E-state index contributed by atoms with van der Waals surface area (Å²) in [5, 5.41) is 4.28. The maximum Gasteiger partial charge on any atom is -0.0134 e. The molecule has 46 heavy (non-hydrogen) atoms. The van der Waals surface area contributed by atoms with Crippen molar-refractivity contribution in [3.05, 3.63) is 197 Å². The lowest BCUT2D eigenvalue weighted by Crippen LogP contribution is -2.21. The highest BCUT2D eigenvalue weighted by Crippen LogP contribution is 2.33. The number of aryl methyl sites for hydroxylation is 6. The van der Waals surface area contributed by atoms with Crippen LogP contribution in [0.25, 0.3) is 0 Å². The molecule has 230 valence electrons. The SMILES string of the molecule is c1ccc(CCCc2ccc(P(c3ccc(CCCc4ccccc4)cc3)c3ccc(CCCc4ccccc4)cc3)cc2)cc1. The molecule has 0 radical (unpaired) electrons. The summed E-state index contributed by atoms with van der Waals surface area (Å²) in [5.41, 5.74) is 8.56. The molecule has 1 heteroatoms. The Kier molecular flexibility index (Phi) is 11.6. The summed E-state index contributed by atoms with van der Waals surface area (Å²) in [4.78, 5) is 0. The Bertz CT molecular complexity index is 1490. The summed E-state index contributed by atoms with van der Waals surface area (Å²) < 4.78 is 0. The molecule has 0 spiro atoms. The van der Waals surface area contributed by atoms with Crippen molar-refractivity contribution in [2.24, 2.45) is 0 Å². The summed E-state index contributed by atoms with van der Waals surface area (Å²) in [6.07, 6.45) is 10.3. The first-order chi connectivity index (χ1) is 22.8. The molecule has 0 aliphatic heterocycles. The van der Waals surface area contributed by atoms with Crippen molar-refractivity contribution in [2.75, 3.05) is 0 Å². The molecule has 6 aromatic carbocycles. The molecule has 6 aromatic rings. The molecule has 0 saturated heterocycles. The van der Waals surface area contributed by atoms with Crippen LogP contribution in [-0.2, 0) is 38.5 Å². The molecule has 0 atom stereocenters. The highest BCUT2D eigenvalue weighted by molar-refractivity contribution is 7.79. The van der Waals surface area contributed by atoms with Crippen LogP contribution in [0.2, 0.25) is 0 Å². The lowest BCUT2D eigenvalue weighted by molar-refractivity contribution is 0.821. The minimum absolute atomic E-state index is 0.630. The van der Waals surface area contributed by atoms with E-state index in [2.05, 4.69) is 164 Å². The number of rotatable bonds is 15. The van der Waals surface area contributed by atoms with Crippen molar-refractivity contribution < 1.29 is 0 Å². The molecule has 0 fully saturated rings. The van der Waals surface area contributed by atoms with Gasteiger partial charge in [-0.05, 0) is 115 Å². The van der Waals surface area contributed by atoms with Crippen molar-refractivity contribution >= 4 is 23.8 Å². The summed E-state index contributed by atoms with van der Waals surface area (Å²) in [6, 6.07) is 61.1. The van der Waals surface area contributed by atoms with E-state index in [1.54, 1.807) is 0 Å². The average molecular weight is 617 g/mol. The first kappa shape index (κ1) is 31.7. The molecule has 0 aliphatic carbocycles. The first-order valence-electron chi connectivity index (χ1n) is 17.0. The van der Waals surface area contributed by atoms with Gasteiger partial charge in [-0.25, -0.2) is 0 Å². The molecule has 0 N–H and O–H groups in total. The fraction of sp³-hybridized carbons (Fsp3) is 0.200. The Morgan fingerprint density at radius 1 is 0.239 bits per heavy atom. The second kappa shape index (κ2) is 16.9. The predicted molar refractivity (Wildman–Crippen MR) is 201 cm³/mol. The Hall–Kier alpha value is -4.25. The van der Waals surface area contributed by atoms with Crippen LogP contribution in [0.4, 0.5) is 0 Å². The number of benzene rings is 6. The Balaban J connectivity index is 1.14. The maximum atomic E-state index is 2.39. The van der Waals surface area contributed by atoms with Crippen molar-refractivity contribution in [3.8, 4) is 0 Å². The highest BCUT2D eigenvalue weighted by Gasteiger charge is 2.17. The minimum atomic E-state index is -0.630. The van der Waals surface area contributed by atoms with E-state index >= 15 is 0 Å². The van der Waals surface area contributed by atoms with E-state index in [0.717, 1.165) is 38.5 Å². The maximum absolute atomic E-state index is 2.39. The van der Waals surface area contributed by atoms with E-state index in [9.17, 15) is 0 Å². The van der Waals surface area contributed by atoms with Crippen molar-refractivity contribution in [1.82, 2.24) is 0 Å². The quantitative estimate of drug-likeness (QED) is 0.101. The number of hydrogen-bond donors (Lipinski definition) is 0. The zero-order valence-electron chi connectivity index (χ0n) is 26.9. The summed E-state index contributed by atoms with van der Waals surface area (Å²) >= 11 is 0. The normalized spacial score (nSPS) is 11.2. The van der Waals surface area contributed by atoms with Gasteiger partial charge in [0.25, 0.3) is 0 Å². The fourth-order valence-corrected chi connectivity index (χ4v) is 8.54. The third-order valence-electron chi connectivity index (χ3n) is 8.90. The lowest BCUT2D eigenvalue weighted by Gasteiger charge is -2.20. The van der Waals surface area contributed by atoms with E-state index in [4.69, 9.17) is 0 Å². The standard InChI is InChI=1S/C45H45P/c1-4-13-37(14-5-1)19-10-22-40-25-31-43(32-26-40)46(44-33-27-41(28-34-44)23-11-20-38-15-6-2-7-16-38)45-35-29-42(30-36-45)24-12-21-39-17-8-3-9-18-39/h1-9,13-18,25-36H,10-12,19-24H2. The van der Waals surface area contributed by atoms with Gasteiger partial charge < -0.3 is 0 Å². The first-order valence-corrected chi connectivity index (χ1v) is 18.3. The van der Waals surface area contributed by atoms with E-state index < -0.39 is 7.92 Å². The zero-order chi connectivity index (χ0) is 31.2. The zero-order valence-corrected chi connectivity index (χ0v) is 27.8. The molecule has 0 saturated carbocycles. The van der Waals surface area contributed by atoms with Crippen LogP contribution in [0.15, 0.2) is 164 Å². The molecule has 0 bridgehead atoms. The molecule has 0 amide bonds. The highest BCUT2D eigenvalue weighted by atomic mass is 31.1. The van der Waals surface area contributed by atoms with E-state index in [1.165, 1.54) is 68.6 Å². The Morgan fingerprint density at radius 2 is 0.457 bits per heavy atom. The van der Waals surface area contributed by atoms with Crippen molar-refractivity contribution in [1.29, 1.82) is 0 Å². The molecule has 0 aromatic heterocycles. The van der Waals surface area contributed by atoms with Crippen LogP contribution in [0, 0.1) is 0 Å². The monoisotopic (exact) mass is 616 g/mol. The predicted octanol–water partition coefficient (Wildman–Crippen LogP) is 9.97. The van der Waals surface area contributed by atoms with Crippen LogP contribution in [-0.4, -0.2) is 0 Å².